The van der Waals surface area contributed by atoms with Gasteiger partial charge in [0.25, 0.3) is 0 Å². The number of hydrazine groups is 1. The molecular weight excluding hydrogens is 364 g/mol. The van der Waals surface area contributed by atoms with Gasteiger partial charge in [0.15, 0.2) is 0 Å². The van der Waals surface area contributed by atoms with E-state index >= 15 is 0 Å². The zero-order valence-corrected chi connectivity index (χ0v) is 16.4. The van der Waals surface area contributed by atoms with Crippen LogP contribution < -0.4 is 21.1 Å². The molecule has 0 aromatic heterocycles. The first-order valence-corrected chi connectivity index (χ1v) is 10.5. The molecule has 29 heavy (non-hydrogen) atoms. The minimum absolute atomic E-state index is 0.0990. The molecule has 0 radical (unpaired) electrons. The summed E-state index contributed by atoms with van der Waals surface area (Å²) in [4.78, 5) is 26.7. The van der Waals surface area contributed by atoms with Crippen LogP contribution in [0.4, 0.5) is 16.2 Å². The van der Waals surface area contributed by atoms with Crippen molar-refractivity contribution in [1.29, 1.82) is 0 Å². The van der Waals surface area contributed by atoms with Gasteiger partial charge < -0.3 is 5.32 Å². The van der Waals surface area contributed by atoms with Gasteiger partial charge in [-0.25, -0.2) is 10.2 Å². The van der Waals surface area contributed by atoms with E-state index in [1.54, 1.807) is 4.90 Å². The quantitative estimate of drug-likeness (QED) is 0.731. The predicted molar refractivity (Wildman–Crippen MR) is 112 cm³/mol. The highest BCUT2D eigenvalue weighted by Gasteiger charge is 2.40. The average molecular weight is 390 g/mol. The Morgan fingerprint density at radius 3 is 2.69 bits per heavy atom. The second-order valence-corrected chi connectivity index (χ2v) is 8.25. The number of carbonyl (C=O) groups is 2. The number of para-hydroxylation sites is 1. The number of carbonyl (C=O) groups excluding carboxylic acids is 2. The molecule has 0 spiro atoms. The molecule has 1 saturated heterocycles. The molecule has 3 N–H and O–H groups in total. The lowest BCUT2D eigenvalue weighted by atomic mass is 9.72. The smallest absolute Gasteiger partial charge is 0.308 e. The molecule has 3 aliphatic rings. The van der Waals surface area contributed by atoms with Gasteiger partial charge in [-0.15, -0.1) is 0 Å². The standard InChI is InChI=1S/C23H26N4O2/c28-22-19-7-3-2-6-18(19)21(25-26-22)16-9-11-17(12-10-16)24-23(29)27-14-13-15-5-1-4-8-20(15)27/h1,4-5,8-12,18-19,21,25H,2-3,6-7,13-14H2,(H,24,29)(H,26,28). The van der Waals surface area contributed by atoms with Crippen molar-refractivity contribution < 1.29 is 9.59 Å². The lowest BCUT2D eigenvalue weighted by Crippen LogP contribution is -2.55. The highest BCUT2D eigenvalue weighted by atomic mass is 16.2. The molecule has 3 amide bonds. The molecule has 2 fully saturated rings. The largest absolute Gasteiger partial charge is 0.326 e. The first-order valence-electron chi connectivity index (χ1n) is 10.5. The van der Waals surface area contributed by atoms with Gasteiger partial charge in [0.2, 0.25) is 5.91 Å². The van der Waals surface area contributed by atoms with E-state index in [9.17, 15) is 9.59 Å². The number of benzene rings is 2. The Morgan fingerprint density at radius 2 is 1.83 bits per heavy atom. The molecule has 3 unspecified atom stereocenters. The summed E-state index contributed by atoms with van der Waals surface area (Å²) >= 11 is 0. The Bertz CT molecular complexity index is 927. The highest BCUT2D eigenvalue weighted by Crippen LogP contribution is 2.40. The van der Waals surface area contributed by atoms with E-state index in [4.69, 9.17) is 0 Å². The number of hydrogen-bond acceptors (Lipinski definition) is 3. The third-order valence-corrected chi connectivity index (χ3v) is 6.59. The van der Waals surface area contributed by atoms with Gasteiger partial charge in [0.1, 0.15) is 0 Å². The Balaban J connectivity index is 1.28. The maximum absolute atomic E-state index is 12.7. The summed E-state index contributed by atoms with van der Waals surface area (Å²) in [5.41, 5.74) is 10.2. The van der Waals surface area contributed by atoms with Gasteiger partial charge in [0.05, 0.1) is 6.04 Å². The first kappa shape index (κ1) is 18.2. The molecule has 6 nitrogen and oxygen atoms in total. The number of urea groups is 1. The molecule has 6 heteroatoms. The summed E-state index contributed by atoms with van der Waals surface area (Å²) in [5, 5.41) is 3.02. The monoisotopic (exact) mass is 390 g/mol. The Labute approximate surface area is 170 Å². The number of nitrogens with one attached hydrogen (secondary N) is 3. The summed E-state index contributed by atoms with van der Waals surface area (Å²) in [7, 11) is 0. The van der Waals surface area contributed by atoms with Gasteiger partial charge in [-0.1, -0.05) is 43.2 Å². The molecule has 1 saturated carbocycles. The van der Waals surface area contributed by atoms with Crippen LogP contribution in [0.15, 0.2) is 48.5 Å². The van der Waals surface area contributed by atoms with Gasteiger partial charge in [-0.3, -0.25) is 15.1 Å². The van der Waals surface area contributed by atoms with Crippen molar-refractivity contribution >= 4 is 23.3 Å². The Morgan fingerprint density at radius 1 is 1.03 bits per heavy atom. The number of hydrogen-bond donors (Lipinski definition) is 3. The molecule has 2 heterocycles. The van der Waals surface area contributed by atoms with E-state index in [-0.39, 0.29) is 23.9 Å². The summed E-state index contributed by atoms with van der Waals surface area (Å²) in [6.07, 6.45) is 5.25. The van der Waals surface area contributed by atoms with Crippen LogP contribution in [0.2, 0.25) is 0 Å². The Kier molecular flexibility index (Phi) is 4.72. The van der Waals surface area contributed by atoms with Crippen molar-refractivity contribution in [2.45, 2.75) is 38.1 Å². The molecule has 150 valence electrons. The normalized spacial score (nSPS) is 25.7. The fourth-order valence-electron chi connectivity index (χ4n) is 5.08. The lowest BCUT2D eigenvalue weighted by molar-refractivity contribution is -0.133. The van der Waals surface area contributed by atoms with Gasteiger partial charge >= 0.3 is 6.03 Å². The highest BCUT2D eigenvalue weighted by molar-refractivity contribution is 6.03. The second-order valence-electron chi connectivity index (χ2n) is 8.25. The van der Waals surface area contributed by atoms with Crippen molar-refractivity contribution in [3.05, 3.63) is 59.7 Å². The van der Waals surface area contributed by atoms with Crippen molar-refractivity contribution in [3.63, 3.8) is 0 Å². The van der Waals surface area contributed by atoms with E-state index in [0.29, 0.717) is 12.5 Å². The molecular formula is C23H26N4O2. The van der Waals surface area contributed by atoms with Crippen LogP contribution in [0.3, 0.4) is 0 Å². The zero-order valence-electron chi connectivity index (χ0n) is 16.4. The topological polar surface area (TPSA) is 73.5 Å². The molecule has 2 aromatic rings. The third kappa shape index (κ3) is 3.38. The van der Waals surface area contributed by atoms with Gasteiger partial charge in [-0.2, -0.15) is 0 Å². The molecule has 2 aromatic carbocycles. The minimum Gasteiger partial charge on any atom is -0.308 e. The number of amides is 3. The van der Waals surface area contributed by atoms with E-state index in [1.165, 1.54) is 12.0 Å². The SMILES string of the molecule is O=C1NNC(c2ccc(NC(=O)N3CCc4ccccc43)cc2)C2CCCCC12. The van der Waals surface area contributed by atoms with Crippen molar-refractivity contribution in [3.8, 4) is 0 Å². The van der Waals surface area contributed by atoms with Crippen LogP contribution in [0, 0.1) is 11.8 Å². The summed E-state index contributed by atoms with van der Waals surface area (Å²) in [6, 6.07) is 16.1. The van der Waals surface area contributed by atoms with Crippen LogP contribution in [-0.4, -0.2) is 18.5 Å². The maximum atomic E-state index is 12.7. The molecule has 3 atom stereocenters. The first-order chi connectivity index (χ1) is 14.2. The molecule has 1 aliphatic carbocycles. The fourth-order valence-corrected chi connectivity index (χ4v) is 5.08. The van der Waals surface area contributed by atoms with Gasteiger partial charge in [0, 0.05) is 23.8 Å². The summed E-state index contributed by atoms with van der Waals surface area (Å²) in [6.45, 7) is 0.706. The van der Waals surface area contributed by atoms with Crippen LogP contribution in [0.1, 0.15) is 42.9 Å². The molecule has 5 rings (SSSR count). The van der Waals surface area contributed by atoms with Crippen molar-refractivity contribution in [2.24, 2.45) is 11.8 Å². The summed E-state index contributed by atoms with van der Waals surface area (Å²) < 4.78 is 0. The van der Waals surface area contributed by atoms with Crippen LogP contribution in [0.25, 0.3) is 0 Å². The molecule has 0 bridgehead atoms. The average Bonchev–Trinajstić information content (AvgIpc) is 3.19. The van der Waals surface area contributed by atoms with E-state index in [2.05, 4.69) is 22.2 Å². The van der Waals surface area contributed by atoms with Crippen molar-refractivity contribution in [2.75, 3.05) is 16.8 Å². The second kappa shape index (κ2) is 7.52. The minimum atomic E-state index is -0.0990. The Hall–Kier alpha value is -2.86. The zero-order chi connectivity index (χ0) is 19.8. The number of rotatable bonds is 2. The van der Waals surface area contributed by atoms with Crippen LogP contribution >= 0.6 is 0 Å². The van der Waals surface area contributed by atoms with E-state index < -0.39 is 0 Å². The number of fused-ring (bicyclic) bond motifs is 2. The maximum Gasteiger partial charge on any atom is 0.326 e. The third-order valence-electron chi connectivity index (χ3n) is 6.59. The van der Waals surface area contributed by atoms with E-state index in [0.717, 1.165) is 42.6 Å². The van der Waals surface area contributed by atoms with Crippen molar-refractivity contribution in [1.82, 2.24) is 10.9 Å². The predicted octanol–water partition coefficient (Wildman–Crippen LogP) is 3.76. The van der Waals surface area contributed by atoms with Crippen LogP contribution in [-0.2, 0) is 11.2 Å². The number of nitrogens with zero attached hydrogens (tertiary/aromatic N) is 1. The lowest BCUT2D eigenvalue weighted by Gasteiger charge is -2.41. The van der Waals surface area contributed by atoms with E-state index in [1.807, 2.05) is 42.5 Å². The van der Waals surface area contributed by atoms with Crippen LogP contribution in [0.5, 0.6) is 0 Å². The summed E-state index contributed by atoms with van der Waals surface area (Å²) in [5.74, 6) is 0.560. The fraction of sp³-hybridized carbons (Fsp3) is 0.391. The van der Waals surface area contributed by atoms with Gasteiger partial charge in [-0.05, 0) is 54.5 Å². The number of anilines is 2. The molecule has 2 aliphatic heterocycles.